The van der Waals surface area contributed by atoms with Crippen molar-refractivity contribution in [2.45, 2.75) is 12.3 Å². The number of benzene rings is 2. The lowest BCUT2D eigenvalue weighted by Gasteiger charge is -2.13. The van der Waals surface area contributed by atoms with E-state index in [9.17, 15) is 9.90 Å². The fraction of sp³-hybridized carbons (Fsp3) is 0.160. The number of carbonyl (C=O) groups excluding carboxylic acids is 1. The summed E-state index contributed by atoms with van der Waals surface area (Å²) in [5.74, 6) is 0.799. The van der Waals surface area contributed by atoms with Gasteiger partial charge in [0.15, 0.2) is 0 Å². The molecule has 0 saturated carbocycles. The third kappa shape index (κ3) is 5.57. The lowest BCUT2D eigenvalue weighted by Crippen LogP contribution is -2.26. The Kier molecular flexibility index (Phi) is 7.17. The van der Waals surface area contributed by atoms with Crippen LogP contribution in [0.25, 0.3) is 11.8 Å². The zero-order valence-electron chi connectivity index (χ0n) is 17.4. The van der Waals surface area contributed by atoms with E-state index in [0.29, 0.717) is 30.2 Å². The lowest BCUT2D eigenvalue weighted by molar-refractivity contribution is -0.125. The number of phenols is 1. The van der Waals surface area contributed by atoms with Crippen molar-refractivity contribution in [1.82, 2.24) is 9.88 Å². The number of aromatic nitrogens is 1. The van der Waals surface area contributed by atoms with Gasteiger partial charge >= 0.3 is 0 Å². The van der Waals surface area contributed by atoms with E-state index in [4.69, 9.17) is 11.5 Å². The summed E-state index contributed by atoms with van der Waals surface area (Å²) < 4.78 is 0. The lowest BCUT2D eigenvalue weighted by atomic mass is 10.0. The number of H-pyrrole nitrogens is 1. The largest absolute Gasteiger partial charge is 0.507 e. The second-order valence-corrected chi connectivity index (χ2v) is 7.34. The number of hydrogen-bond donors (Lipinski definition) is 4. The second kappa shape index (κ2) is 10.2. The van der Waals surface area contributed by atoms with Crippen molar-refractivity contribution in [1.29, 1.82) is 0 Å². The molecule has 1 aliphatic heterocycles. The summed E-state index contributed by atoms with van der Waals surface area (Å²) in [6, 6.07) is 20.8. The Bertz CT molecular complexity index is 1030. The van der Waals surface area contributed by atoms with Crippen LogP contribution in [0, 0.1) is 0 Å². The van der Waals surface area contributed by atoms with Crippen molar-refractivity contribution < 1.29 is 9.90 Å². The van der Waals surface area contributed by atoms with E-state index in [1.165, 1.54) is 6.08 Å². The van der Waals surface area contributed by atoms with Gasteiger partial charge in [-0.1, -0.05) is 55.1 Å². The predicted molar refractivity (Wildman–Crippen MR) is 126 cm³/mol. The first-order chi connectivity index (χ1) is 15.0. The normalized spacial score (nSPS) is 15.8. The number of anilines is 1. The molecule has 0 bridgehead atoms. The molecule has 31 heavy (non-hydrogen) atoms. The molecule has 1 saturated heterocycles. The molecule has 0 aliphatic carbocycles. The van der Waals surface area contributed by atoms with Crippen LogP contribution < -0.4 is 11.5 Å². The van der Waals surface area contributed by atoms with E-state index in [1.807, 2.05) is 48.5 Å². The predicted octanol–water partition coefficient (Wildman–Crippen LogP) is 3.95. The Morgan fingerprint density at radius 1 is 1.13 bits per heavy atom. The number of aromatic hydroxyl groups is 1. The first-order valence-corrected chi connectivity index (χ1v) is 10.1. The van der Waals surface area contributed by atoms with E-state index >= 15 is 0 Å². The molecule has 1 unspecified atom stereocenters. The van der Waals surface area contributed by atoms with Gasteiger partial charge in [0.05, 0.1) is 0 Å². The van der Waals surface area contributed by atoms with E-state index in [1.54, 1.807) is 29.2 Å². The minimum absolute atomic E-state index is 0.0501. The van der Waals surface area contributed by atoms with Gasteiger partial charge in [-0.05, 0) is 36.8 Å². The molecule has 6 N–H and O–H groups in total. The second-order valence-electron chi connectivity index (χ2n) is 7.34. The number of hydrogen-bond acceptors (Lipinski definition) is 4. The zero-order chi connectivity index (χ0) is 22.2. The molecule has 3 aromatic rings. The van der Waals surface area contributed by atoms with Gasteiger partial charge in [-0.3, -0.25) is 4.79 Å². The minimum atomic E-state index is -0.0501. The summed E-state index contributed by atoms with van der Waals surface area (Å²) in [7, 11) is 0. The molecular formula is C25H28N4O2. The highest BCUT2D eigenvalue weighted by molar-refractivity contribution is 5.87. The summed E-state index contributed by atoms with van der Waals surface area (Å²) in [5.41, 5.74) is 14.9. The smallest absolute Gasteiger partial charge is 0.245 e. The number of nitrogens with zero attached hydrogens (tertiary/aromatic N) is 1. The molecular weight excluding hydrogens is 388 g/mol. The van der Waals surface area contributed by atoms with Crippen molar-refractivity contribution in [2.75, 3.05) is 18.8 Å². The van der Waals surface area contributed by atoms with Crippen LogP contribution in [0.5, 0.6) is 5.75 Å². The number of rotatable bonds is 4. The maximum absolute atomic E-state index is 11.7. The maximum atomic E-state index is 11.7. The Labute approximate surface area is 182 Å². The SMILES string of the molecule is C=CC(=O)N1CCC(c2cc(/C=C(\N)c3ccccc3O)c(N)[nH]2)C1.c1ccccc1. The minimum Gasteiger partial charge on any atom is -0.507 e. The van der Waals surface area contributed by atoms with Crippen molar-refractivity contribution in [3.05, 3.63) is 96.2 Å². The number of para-hydroxylation sites is 1. The van der Waals surface area contributed by atoms with Crippen molar-refractivity contribution in [3.63, 3.8) is 0 Å². The number of likely N-dealkylation sites (tertiary alicyclic amines) is 1. The van der Waals surface area contributed by atoms with Crippen LogP contribution in [-0.2, 0) is 4.79 Å². The number of aromatic amines is 1. The molecule has 2 aromatic carbocycles. The number of nitrogen functional groups attached to an aromatic ring is 1. The van der Waals surface area contributed by atoms with E-state index in [2.05, 4.69) is 11.6 Å². The molecule has 6 heteroatoms. The van der Waals surface area contributed by atoms with E-state index < -0.39 is 0 Å². The molecule has 6 nitrogen and oxygen atoms in total. The molecule has 1 atom stereocenters. The Morgan fingerprint density at radius 3 is 2.39 bits per heavy atom. The van der Waals surface area contributed by atoms with Crippen LogP contribution in [0.2, 0.25) is 0 Å². The standard InChI is InChI=1S/C19H22N4O2.C6H6/c1-2-18(25)23-8-7-12(11-23)16-10-13(19(21)22-16)9-15(20)14-5-3-4-6-17(14)24;1-2-4-6-5-3-1/h2-6,9-10,12,22,24H,1,7-8,11,20-21H2;1-6H/b15-9-;. The molecule has 0 spiro atoms. The van der Waals surface area contributed by atoms with Crippen LogP contribution in [0.1, 0.15) is 29.2 Å². The fourth-order valence-electron chi connectivity index (χ4n) is 3.54. The number of amides is 1. The van der Waals surface area contributed by atoms with Crippen molar-refractivity contribution in [2.24, 2.45) is 5.73 Å². The van der Waals surface area contributed by atoms with Crippen LogP contribution >= 0.6 is 0 Å². The summed E-state index contributed by atoms with van der Waals surface area (Å²) in [5, 5.41) is 9.91. The topological polar surface area (TPSA) is 108 Å². The Morgan fingerprint density at radius 2 is 1.77 bits per heavy atom. The molecule has 0 radical (unpaired) electrons. The number of phenolic OH excluding ortho intramolecular Hbond substituents is 1. The highest BCUT2D eigenvalue weighted by atomic mass is 16.3. The average Bonchev–Trinajstić information content (AvgIpc) is 3.42. The quantitative estimate of drug-likeness (QED) is 0.483. The van der Waals surface area contributed by atoms with Gasteiger partial charge in [0.2, 0.25) is 5.91 Å². The third-order valence-electron chi connectivity index (χ3n) is 5.21. The van der Waals surface area contributed by atoms with Crippen LogP contribution in [0.4, 0.5) is 5.82 Å². The number of carbonyl (C=O) groups is 1. The number of nitrogens with two attached hydrogens (primary N) is 2. The van der Waals surface area contributed by atoms with Crippen LogP contribution in [-0.4, -0.2) is 34.0 Å². The summed E-state index contributed by atoms with van der Waals surface area (Å²) >= 11 is 0. The van der Waals surface area contributed by atoms with Gasteiger partial charge in [-0.2, -0.15) is 0 Å². The molecule has 1 amide bonds. The molecule has 4 rings (SSSR count). The summed E-state index contributed by atoms with van der Waals surface area (Å²) in [6.07, 6.45) is 3.95. The highest BCUT2D eigenvalue weighted by Crippen LogP contribution is 2.31. The molecule has 1 fully saturated rings. The van der Waals surface area contributed by atoms with Crippen LogP contribution in [0.3, 0.4) is 0 Å². The first-order valence-electron chi connectivity index (χ1n) is 10.1. The molecule has 1 aliphatic rings. The monoisotopic (exact) mass is 416 g/mol. The van der Waals surface area contributed by atoms with Gasteiger partial charge in [-0.25, -0.2) is 0 Å². The Hall–Kier alpha value is -3.93. The van der Waals surface area contributed by atoms with Gasteiger partial charge in [0.1, 0.15) is 11.6 Å². The molecule has 1 aromatic heterocycles. The summed E-state index contributed by atoms with van der Waals surface area (Å²) in [4.78, 5) is 16.7. The van der Waals surface area contributed by atoms with Gasteiger partial charge in [-0.15, -0.1) is 0 Å². The number of nitrogens with one attached hydrogen (secondary N) is 1. The third-order valence-corrected chi connectivity index (χ3v) is 5.21. The average molecular weight is 417 g/mol. The van der Waals surface area contributed by atoms with E-state index in [0.717, 1.165) is 17.7 Å². The fourth-order valence-corrected chi connectivity index (χ4v) is 3.54. The summed E-state index contributed by atoms with van der Waals surface area (Å²) in [6.45, 7) is 4.88. The molecule has 2 heterocycles. The van der Waals surface area contributed by atoms with Gasteiger partial charge < -0.3 is 26.5 Å². The first kappa shape index (κ1) is 21.8. The van der Waals surface area contributed by atoms with Crippen molar-refractivity contribution >= 4 is 23.5 Å². The highest BCUT2D eigenvalue weighted by Gasteiger charge is 2.27. The van der Waals surface area contributed by atoms with Gasteiger partial charge in [0.25, 0.3) is 0 Å². The van der Waals surface area contributed by atoms with E-state index in [-0.39, 0.29) is 17.6 Å². The van der Waals surface area contributed by atoms with Gasteiger partial charge in [0, 0.05) is 41.5 Å². The maximum Gasteiger partial charge on any atom is 0.245 e. The van der Waals surface area contributed by atoms with Crippen LogP contribution in [0.15, 0.2) is 79.4 Å². The Balaban J connectivity index is 0.000000391. The molecule has 160 valence electrons. The zero-order valence-corrected chi connectivity index (χ0v) is 17.4. The van der Waals surface area contributed by atoms with Crippen molar-refractivity contribution in [3.8, 4) is 5.75 Å².